The third-order valence-electron chi connectivity index (χ3n) is 7.40. The molecule has 0 aromatic carbocycles. The van der Waals surface area contributed by atoms with Crippen molar-refractivity contribution in [3.8, 4) is 0 Å². The molecule has 0 saturated heterocycles. The van der Waals surface area contributed by atoms with E-state index in [2.05, 4.69) is 31.2 Å². The Hall–Kier alpha value is -5.53. The number of aromatic nitrogens is 4. The summed E-state index contributed by atoms with van der Waals surface area (Å²) in [5.74, 6) is -3.27. The largest absolute Gasteiger partial charge is 0.480 e. The highest BCUT2D eigenvalue weighted by atomic mass is 16.4. The van der Waals surface area contributed by atoms with Crippen LogP contribution in [-0.2, 0) is 50.2 Å². The van der Waals surface area contributed by atoms with E-state index in [1.807, 2.05) is 0 Å². The summed E-state index contributed by atoms with van der Waals surface area (Å²) in [6.45, 7) is 5.59. The number of carboxylic acids is 2. The van der Waals surface area contributed by atoms with Crippen molar-refractivity contribution in [1.82, 2.24) is 45.3 Å². The van der Waals surface area contributed by atoms with Crippen molar-refractivity contribution in [1.29, 1.82) is 10.8 Å². The van der Waals surface area contributed by atoms with Gasteiger partial charge < -0.3 is 52.1 Å². The highest BCUT2D eigenvalue weighted by Gasteiger charge is 2.27. The van der Waals surface area contributed by atoms with Gasteiger partial charge in [0.15, 0.2) is 17.7 Å². The summed E-state index contributed by atoms with van der Waals surface area (Å²) in [7, 11) is 0. The molecule has 2 aromatic rings. The van der Waals surface area contributed by atoms with Crippen LogP contribution in [-0.4, -0.2) is 107 Å². The van der Waals surface area contributed by atoms with Crippen LogP contribution in [0.25, 0.3) is 0 Å². The van der Waals surface area contributed by atoms with Gasteiger partial charge in [-0.15, -0.1) is 0 Å². The van der Waals surface area contributed by atoms with Gasteiger partial charge in [-0.1, -0.05) is 20.8 Å². The third-order valence-corrected chi connectivity index (χ3v) is 7.40. The van der Waals surface area contributed by atoms with E-state index in [-0.39, 0.29) is 76.4 Å². The quantitative estimate of drug-likeness (QED) is 0.0374. The van der Waals surface area contributed by atoms with Crippen molar-refractivity contribution in [2.24, 2.45) is 16.9 Å². The molecule has 2 rings (SSSR count). The molecule has 0 bridgehead atoms. The number of hydrogen-bond donors (Lipinski definition) is 10. The maximum atomic E-state index is 13.1. The van der Waals surface area contributed by atoms with Crippen molar-refractivity contribution < 1.29 is 34.2 Å². The lowest BCUT2D eigenvalue weighted by Crippen LogP contribution is -2.43. The van der Waals surface area contributed by atoms with Gasteiger partial charge in [-0.2, -0.15) is 0 Å². The first-order valence-corrected chi connectivity index (χ1v) is 15.9. The molecule has 2 aromatic heterocycles. The summed E-state index contributed by atoms with van der Waals surface area (Å²) < 4.78 is 3.08. The van der Waals surface area contributed by atoms with Crippen LogP contribution in [0.15, 0.2) is 24.8 Å². The molecular weight excluding hydrogens is 654 g/mol. The lowest BCUT2D eigenvalue weighted by Gasteiger charge is -2.26. The maximum absolute atomic E-state index is 13.1. The molecule has 0 aliphatic carbocycles. The molecule has 0 spiro atoms. The predicted molar refractivity (Wildman–Crippen MR) is 180 cm³/mol. The lowest BCUT2D eigenvalue weighted by atomic mass is 9.90. The summed E-state index contributed by atoms with van der Waals surface area (Å²) in [5, 5.41) is 43.7. The standard InChI is InChI=1S/C30H49N13O7/c1-30(2,3)21(44)14-41(15-22-35-10-12-42(22)17-24(45)39-19(26(47)48)6-4-8-37-28(31)32)16-23-36-11-13-43(23)18-25(46)40-20(27(49)50)7-5-9-38-29(33)34/h10-13,19-20H,4-9,14-18H2,1-3H3,(H,39,45)(H,40,46)(H,47,48)(H,49,50)(H4,31,32,37)(H4,33,34,38)/t19-,20-/m1/s1. The number of carboxylic acid groups (broad SMARTS) is 2. The summed E-state index contributed by atoms with van der Waals surface area (Å²) >= 11 is 0. The first-order chi connectivity index (χ1) is 23.5. The van der Waals surface area contributed by atoms with Crippen LogP contribution in [0.5, 0.6) is 0 Å². The van der Waals surface area contributed by atoms with Gasteiger partial charge >= 0.3 is 11.9 Å². The summed E-state index contributed by atoms with van der Waals surface area (Å²) in [5.41, 5.74) is 9.80. The number of carbonyl (C=O) groups excluding carboxylic acids is 3. The molecule has 0 aliphatic heterocycles. The van der Waals surface area contributed by atoms with Gasteiger partial charge in [0, 0.05) is 43.3 Å². The van der Waals surface area contributed by atoms with Gasteiger partial charge in [0.25, 0.3) is 0 Å². The Morgan fingerprint density at radius 2 is 1.20 bits per heavy atom. The Labute approximate surface area is 289 Å². The highest BCUT2D eigenvalue weighted by Crippen LogP contribution is 2.18. The van der Waals surface area contributed by atoms with Gasteiger partial charge in [-0.3, -0.25) is 30.1 Å². The second-order valence-corrected chi connectivity index (χ2v) is 12.6. The number of ketones is 1. The molecule has 20 heteroatoms. The van der Waals surface area contributed by atoms with Gasteiger partial charge in [0.05, 0.1) is 19.6 Å². The number of aliphatic carboxylic acids is 2. The molecule has 50 heavy (non-hydrogen) atoms. The number of carbonyl (C=O) groups is 5. The van der Waals surface area contributed by atoms with Crippen LogP contribution >= 0.6 is 0 Å². The minimum Gasteiger partial charge on any atom is -0.480 e. The highest BCUT2D eigenvalue weighted by molar-refractivity contribution is 5.86. The number of guanidine groups is 2. The van der Waals surface area contributed by atoms with Crippen LogP contribution in [0.3, 0.4) is 0 Å². The van der Waals surface area contributed by atoms with Crippen LogP contribution in [0, 0.1) is 16.2 Å². The van der Waals surface area contributed by atoms with E-state index in [1.54, 1.807) is 38.1 Å². The van der Waals surface area contributed by atoms with Crippen molar-refractivity contribution in [3.63, 3.8) is 0 Å². The molecule has 20 nitrogen and oxygen atoms in total. The first kappa shape index (κ1) is 40.6. The Kier molecular flexibility index (Phi) is 15.8. The molecule has 0 saturated carbocycles. The van der Waals surface area contributed by atoms with Crippen molar-refractivity contribution in [2.75, 3.05) is 19.6 Å². The molecule has 2 amide bonds. The van der Waals surface area contributed by atoms with Crippen LogP contribution in [0.1, 0.15) is 58.1 Å². The van der Waals surface area contributed by atoms with Gasteiger partial charge in [-0.05, 0) is 25.7 Å². The molecule has 12 N–H and O–H groups in total. The van der Waals surface area contributed by atoms with Gasteiger partial charge in [0.1, 0.15) is 36.8 Å². The number of nitrogens with one attached hydrogen (secondary N) is 6. The number of hydrogen-bond acceptors (Lipinski definition) is 10. The van der Waals surface area contributed by atoms with Crippen LogP contribution in [0.4, 0.5) is 0 Å². The van der Waals surface area contributed by atoms with Crippen LogP contribution < -0.4 is 32.7 Å². The Balaban J connectivity index is 2.14. The summed E-state index contributed by atoms with van der Waals surface area (Å²) in [6, 6.07) is -2.32. The smallest absolute Gasteiger partial charge is 0.326 e. The molecule has 0 unspecified atom stereocenters. The average Bonchev–Trinajstić information content (AvgIpc) is 3.63. The number of nitrogens with two attached hydrogens (primary N) is 2. The fourth-order valence-corrected chi connectivity index (χ4v) is 4.64. The number of imidazole rings is 2. The van der Waals surface area contributed by atoms with E-state index in [4.69, 9.17) is 22.3 Å². The molecule has 2 heterocycles. The van der Waals surface area contributed by atoms with E-state index in [9.17, 15) is 34.2 Å². The normalized spacial score (nSPS) is 12.5. The molecule has 0 aliphatic rings. The monoisotopic (exact) mass is 703 g/mol. The molecule has 0 radical (unpaired) electrons. The van der Waals surface area contributed by atoms with Crippen molar-refractivity contribution >= 4 is 41.5 Å². The fraction of sp³-hybridized carbons (Fsp3) is 0.567. The Bertz CT molecular complexity index is 1400. The Morgan fingerprint density at radius 1 is 0.800 bits per heavy atom. The minimum atomic E-state index is -1.21. The number of Topliss-reactive ketones (excluding diaryl/α,β-unsaturated/α-hetero) is 1. The number of nitrogens with zero attached hydrogens (tertiary/aromatic N) is 5. The zero-order valence-corrected chi connectivity index (χ0v) is 28.6. The average molecular weight is 704 g/mol. The SMILES string of the molecule is CC(C)(C)C(=O)CN(Cc1nccn1CC(=O)N[C@H](CCCNC(=N)N)C(=O)O)Cc1nccn1CC(=O)N[C@H](CCCNC(=N)N)C(=O)O. The van der Waals surface area contributed by atoms with Gasteiger partial charge in [0.2, 0.25) is 11.8 Å². The molecule has 276 valence electrons. The summed E-state index contributed by atoms with van der Waals surface area (Å²) in [6.07, 6.45) is 7.01. The minimum absolute atomic E-state index is 0.0214. The van der Waals surface area contributed by atoms with E-state index < -0.39 is 41.3 Å². The fourth-order valence-electron chi connectivity index (χ4n) is 4.64. The maximum Gasteiger partial charge on any atom is 0.326 e. The molecular formula is C30H49N13O7. The molecule has 2 atom stereocenters. The number of amides is 2. The van der Waals surface area contributed by atoms with E-state index >= 15 is 0 Å². The second kappa shape index (κ2) is 19.5. The van der Waals surface area contributed by atoms with E-state index in [0.717, 1.165) is 0 Å². The van der Waals surface area contributed by atoms with Crippen molar-refractivity contribution in [2.45, 2.75) is 84.7 Å². The third kappa shape index (κ3) is 14.7. The predicted octanol–water partition coefficient (Wildman–Crippen LogP) is -1.64. The number of rotatable bonds is 22. The summed E-state index contributed by atoms with van der Waals surface area (Å²) in [4.78, 5) is 72.8. The van der Waals surface area contributed by atoms with Gasteiger partial charge in [-0.25, -0.2) is 19.6 Å². The first-order valence-electron chi connectivity index (χ1n) is 15.9. The zero-order chi connectivity index (χ0) is 37.4. The second-order valence-electron chi connectivity index (χ2n) is 12.6. The Morgan fingerprint density at radius 3 is 1.54 bits per heavy atom. The van der Waals surface area contributed by atoms with E-state index in [1.165, 1.54) is 21.5 Å². The van der Waals surface area contributed by atoms with E-state index in [0.29, 0.717) is 24.5 Å². The topological polar surface area (TPSA) is 313 Å². The van der Waals surface area contributed by atoms with Crippen LogP contribution in [0.2, 0.25) is 0 Å². The molecule has 0 fully saturated rings. The lowest BCUT2D eigenvalue weighted by molar-refractivity contribution is -0.142. The zero-order valence-electron chi connectivity index (χ0n) is 28.6. The van der Waals surface area contributed by atoms with Crippen molar-refractivity contribution in [3.05, 3.63) is 36.4 Å².